The fraction of sp³-hybridized carbons (Fsp3) is 0. The van der Waals surface area contributed by atoms with Crippen LogP contribution in [0.5, 0.6) is 0 Å². The Kier molecular flexibility index (Phi) is 1.37. The molecule has 2 heterocycles. The molecule has 0 saturated carbocycles. The van der Waals surface area contributed by atoms with Crippen LogP contribution in [0, 0.1) is 5.38 Å². The van der Waals surface area contributed by atoms with E-state index < -0.39 is 0 Å². The fourth-order valence-electron chi connectivity index (χ4n) is 1.48. The smallest absolute Gasteiger partial charge is 0.0716 e. The third kappa shape index (κ3) is 1.03. The highest BCUT2D eigenvalue weighted by atomic mass is 32.1. The van der Waals surface area contributed by atoms with Crippen molar-refractivity contribution in [1.29, 1.82) is 0 Å². The summed E-state index contributed by atoms with van der Waals surface area (Å²) < 4.78 is 1.26. The van der Waals surface area contributed by atoms with Gasteiger partial charge in [-0.2, -0.15) is 0 Å². The van der Waals surface area contributed by atoms with Gasteiger partial charge in [-0.05, 0) is 29.7 Å². The molecule has 0 aliphatic rings. The summed E-state index contributed by atoms with van der Waals surface area (Å²) in [5, 5.41) is 5.58. The van der Waals surface area contributed by atoms with Gasteiger partial charge in [-0.3, -0.25) is 4.98 Å². The number of thiophene rings is 1. The number of fused-ring (bicyclic) bond motifs is 2. The van der Waals surface area contributed by atoms with Crippen molar-refractivity contribution in [2.75, 3.05) is 0 Å². The molecular weight excluding hydrogens is 178 g/mol. The van der Waals surface area contributed by atoms with Crippen LogP contribution in [-0.2, 0) is 0 Å². The summed E-state index contributed by atoms with van der Waals surface area (Å²) in [6, 6.07) is 10.3. The summed E-state index contributed by atoms with van der Waals surface area (Å²) >= 11 is 1.64. The molecule has 0 atom stereocenters. The van der Waals surface area contributed by atoms with E-state index in [1.165, 1.54) is 15.5 Å². The van der Waals surface area contributed by atoms with Crippen molar-refractivity contribution in [2.24, 2.45) is 0 Å². The third-order valence-electron chi connectivity index (χ3n) is 2.12. The number of aromatic nitrogens is 1. The van der Waals surface area contributed by atoms with Crippen molar-refractivity contribution in [1.82, 2.24) is 4.98 Å². The predicted octanol–water partition coefficient (Wildman–Crippen LogP) is 3.25. The van der Waals surface area contributed by atoms with Gasteiger partial charge in [0, 0.05) is 21.7 Å². The first-order chi connectivity index (χ1) is 6.43. The Morgan fingerprint density at radius 1 is 1.23 bits per heavy atom. The summed E-state index contributed by atoms with van der Waals surface area (Å²) in [6.45, 7) is 0. The lowest BCUT2D eigenvalue weighted by Gasteiger charge is -1.95. The van der Waals surface area contributed by atoms with Crippen LogP contribution in [0.15, 0.2) is 36.5 Å². The molecule has 0 fully saturated rings. The Hall–Kier alpha value is -1.41. The van der Waals surface area contributed by atoms with Gasteiger partial charge >= 0.3 is 0 Å². The average Bonchev–Trinajstić information content (AvgIpc) is 2.61. The predicted molar refractivity (Wildman–Crippen MR) is 56.0 cm³/mol. The Balaban J connectivity index is 2.57. The van der Waals surface area contributed by atoms with Crippen molar-refractivity contribution in [3.8, 4) is 0 Å². The molecule has 0 bridgehead atoms. The van der Waals surface area contributed by atoms with E-state index in [1.54, 1.807) is 11.3 Å². The molecule has 0 saturated heterocycles. The maximum Gasteiger partial charge on any atom is 0.0716 e. The quantitative estimate of drug-likeness (QED) is 0.522. The SMILES string of the molecule is [c]1cc2cc3cccnc3cc2s1. The van der Waals surface area contributed by atoms with E-state index in [-0.39, 0.29) is 0 Å². The molecule has 0 aliphatic carbocycles. The highest BCUT2D eigenvalue weighted by Gasteiger charge is 1.98. The van der Waals surface area contributed by atoms with E-state index in [9.17, 15) is 0 Å². The van der Waals surface area contributed by atoms with Crippen LogP contribution >= 0.6 is 11.3 Å². The maximum absolute atomic E-state index is 4.30. The zero-order valence-corrected chi connectivity index (χ0v) is 7.64. The van der Waals surface area contributed by atoms with Gasteiger partial charge in [-0.25, -0.2) is 0 Å². The van der Waals surface area contributed by atoms with Crippen molar-refractivity contribution < 1.29 is 0 Å². The molecule has 1 radical (unpaired) electrons. The van der Waals surface area contributed by atoms with E-state index >= 15 is 0 Å². The second-order valence-electron chi connectivity index (χ2n) is 2.95. The number of benzene rings is 1. The Morgan fingerprint density at radius 3 is 3.23 bits per heavy atom. The molecule has 0 amide bonds. The molecule has 0 N–H and O–H groups in total. The van der Waals surface area contributed by atoms with Crippen molar-refractivity contribution in [3.05, 3.63) is 41.9 Å². The molecule has 1 aromatic carbocycles. The summed E-state index contributed by atoms with van der Waals surface area (Å²) in [5.41, 5.74) is 1.06. The van der Waals surface area contributed by atoms with E-state index in [0.717, 1.165) is 5.52 Å². The highest BCUT2D eigenvalue weighted by molar-refractivity contribution is 7.16. The summed E-state index contributed by atoms with van der Waals surface area (Å²) in [4.78, 5) is 4.30. The van der Waals surface area contributed by atoms with Crippen LogP contribution in [0.4, 0.5) is 0 Å². The first kappa shape index (κ1) is 7.04. The van der Waals surface area contributed by atoms with Crippen molar-refractivity contribution in [2.45, 2.75) is 0 Å². The molecule has 61 valence electrons. The Labute approximate surface area is 79.7 Å². The number of pyridine rings is 1. The van der Waals surface area contributed by atoms with Gasteiger partial charge in [0.2, 0.25) is 0 Å². The first-order valence-electron chi connectivity index (χ1n) is 4.08. The normalized spacial score (nSPS) is 11.1. The summed E-state index contributed by atoms with van der Waals surface area (Å²) in [5.74, 6) is 0. The van der Waals surface area contributed by atoms with Crippen LogP contribution in [-0.4, -0.2) is 4.98 Å². The topological polar surface area (TPSA) is 12.9 Å². The molecule has 2 aromatic heterocycles. The zero-order valence-electron chi connectivity index (χ0n) is 6.82. The molecule has 13 heavy (non-hydrogen) atoms. The lowest BCUT2D eigenvalue weighted by Crippen LogP contribution is -1.75. The average molecular weight is 184 g/mol. The van der Waals surface area contributed by atoms with Crippen LogP contribution in [0.3, 0.4) is 0 Å². The van der Waals surface area contributed by atoms with Crippen LogP contribution in [0.25, 0.3) is 21.0 Å². The van der Waals surface area contributed by atoms with Crippen LogP contribution in [0.1, 0.15) is 0 Å². The third-order valence-corrected chi connectivity index (χ3v) is 2.93. The second kappa shape index (κ2) is 2.54. The monoisotopic (exact) mass is 184 g/mol. The first-order valence-corrected chi connectivity index (χ1v) is 4.89. The molecule has 0 aliphatic heterocycles. The minimum absolute atomic E-state index is 1.06. The number of hydrogen-bond donors (Lipinski definition) is 0. The second-order valence-corrected chi connectivity index (χ2v) is 3.83. The Bertz CT molecular complexity index is 519. The van der Waals surface area contributed by atoms with Crippen molar-refractivity contribution in [3.63, 3.8) is 0 Å². The zero-order chi connectivity index (χ0) is 8.67. The number of hydrogen-bond acceptors (Lipinski definition) is 2. The molecule has 3 rings (SSSR count). The molecular formula is C11H6NS. The lowest BCUT2D eigenvalue weighted by molar-refractivity contribution is 1.42. The maximum atomic E-state index is 4.30. The van der Waals surface area contributed by atoms with Crippen LogP contribution < -0.4 is 0 Å². The van der Waals surface area contributed by atoms with Gasteiger partial charge in [0.15, 0.2) is 0 Å². The van der Waals surface area contributed by atoms with Gasteiger partial charge in [0.05, 0.1) is 5.52 Å². The van der Waals surface area contributed by atoms with Gasteiger partial charge in [0.1, 0.15) is 0 Å². The minimum Gasteiger partial charge on any atom is -0.256 e. The van der Waals surface area contributed by atoms with Crippen LogP contribution in [0.2, 0.25) is 0 Å². The molecule has 1 nitrogen and oxygen atoms in total. The largest absolute Gasteiger partial charge is 0.256 e. The standard InChI is InChI=1S/C11H6NS/c1-2-8-6-9-3-5-13-11(9)7-10(8)12-4-1/h1-4,6-7H. The molecule has 3 aromatic rings. The van der Waals surface area contributed by atoms with E-state index in [2.05, 4.69) is 28.6 Å². The number of nitrogens with zero attached hydrogens (tertiary/aromatic N) is 1. The van der Waals surface area contributed by atoms with Crippen molar-refractivity contribution >= 4 is 32.3 Å². The highest BCUT2D eigenvalue weighted by Crippen LogP contribution is 2.24. The van der Waals surface area contributed by atoms with Gasteiger partial charge in [-0.15, -0.1) is 11.3 Å². The van der Waals surface area contributed by atoms with Gasteiger partial charge in [0.25, 0.3) is 0 Å². The fourth-order valence-corrected chi connectivity index (χ4v) is 2.20. The van der Waals surface area contributed by atoms with E-state index in [0.29, 0.717) is 0 Å². The van der Waals surface area contributed by atoms with E-state index in [1.807, 2.05) is 18.3 Å². The summed E-state index contributed by atoms with van der Waals surface area (Å²) in [6.07, 6.45) is 1.82. The molecule has 0 unspecified atom stereocenters. The Morgan fingerprint density at radius 2 is 2.23 bits per heavy atom. The van der Waals surface area contributed by atoms with Gasteiger partial charge < -0.3 is 0 Å². The minimum atomic E-state index is 1.06. The molecule has 2 heteroatoms. The lowest BCUT2D eigenvalue weighted by atomic mass is 10.2. The van der Waals surface area contributed by atoms with Gasteiger partial charge in [-0.1, -0.05) is 6.07 Å². The summed E-state index contributed by atoms with van der Waals surface area (Å²) in [7, 11) is 0. The van der Waals surface area contributed by atoms with E-state index in [4.69, 9.17) is 0 Å². The number of rotatable bonds is 0. The molecule has 0 spiro atoms.